The van der Waals surface area contributed by atoms with E-state index in [0.717, 1.165) is 33.6 Å². The molecule has 1 N–H and O–H groups in total. The summed E-state index contributed by atoms with van der Waals surface area (Å²) >= 11 is 0. The Hall–Kier alpha value is -2.76. The Morgan fingerprint density at radius 2 is 2.04 bits per heavy atom. The lowest BCUT2D eigenvalue weighted by Crippen LogP contribution is -2.25. The molecule has 0 aliphatic rings. The van der Waals surface area contributed by atoms with Crippen molar-refractivity contribution < 1.29 is 9.53 Å². The van der Waals surface area contributed by atoms with Gasteiger partial charge in [-0.3, -0.25) is 9.48 Å². The first-order valence-electron chi connectivity index (χ1n) is 7.83. The van der Waals surface area contributed by atoms with E-state index < -0.39 is 0 Å². The second-order valence-electron chi connectivity index (χ2n) is 5.94. The van der Waals surface area contributed by atoms with Gasteiger partial charge in [0.05, 0.1) is 18.3 Å². The molecule has 0 saturated heterocycles. The molecule has 6 heteroatoms. The Labute approximate surface area is 141 Å². The third-order valence-electron chi connectivity index (χ3n) is 4.58. The van der Waals surface area contributed by atoms with Gasteiger partial charge in [-0.1, -0.05) is 6.07 Å². The third kappa shape index (κ3) is 2.54. The van der Waals surface area contributed by atoms with Crippen LogP contribution >= 0.6 is 0 Å². The van der Waals surface area contributed by atoms with Crippen molar-refractivity contribution in [2.24, 2.45) is 14.1 Å². The maximum atomic E-state index is 12.6. The zero-order chi connectivity index (χ0) is 17.4. The van der Waals surface area contributed by atoms with Crippen molar-refractivity contribution in [2.75, 3.05) is 7.11 Å². The van der Waals surface area contributed by atoms with E-state index in [1.165, 1.54) is 0 Å². The monoisotopic (exact) mass is 326 g/mol. The van der Waals surface area contributed by atoms with Gasteiger partial charge in [0, 0.05) is 37.3 Å². The molecule has 126 valence electrons. The SMILES string of the molecule is COc1cccc2c1cc(C(=O)NCc1c(C)nn(C)c1C)n2C. The molecule has 0 fully saturated rings. The molecule has 24 heavy (non-hydrogen) atoms. The Bertz CT molecular complexity index is 921. The molecule has 3 rings (SSSR count). The molecule has 0 bridgehead atoms. The fraction of sp³-hybridized carbons (Fsp3) is 0.333. The summed E-state index contributed by atoms with van der Waals surface area (Å²) in [5, 5.41) is 8.31. The number of rotatable bonds is 4. The molecule has 2 aromatic heterocycles. The number of nitrogens with one attached hydrogen (secondary N) is 1. The first kappa shape index (κ1) is 16.1. The van der Waals surface area contributed by atoms with Crippen molar-refractivity contribution in [3.63, 3.8) is 0 Å². The highest BCUT2D eigenvalue weighted by Gasteiger charge is 2.17. The number of hydrogen-bond acceptors (Lipinski definition) is 3. The minimum Gasteiger partial charge on any atom is -0.496 e. The van der Waals surface area contributed by atoms with Crippen molar-refractivity contribution in [2.45, 2.75) is 20.4 Å². The topological polar surface area (TPSA) is 61.1 Å². The molecule has 0 saturated carbocycles. The summed E-state index contributed by atoms with van der Waals surface area (Å²) in [6.07, 6.45) is 0. The van der Waals surface area contributed by atoms with Crippen LogP contribution in [0.25, 0.3) is 10.9 Å². The van der Waals surface area contributed by atoms with E-state index >= 15 is 0 Å². The quantitative estimate of drug-likeness (QED) is 0.801. The van der Waals surface area contributed by atoms with E-state index in [2.05, 4.69) is 10.4 Å². The van der Waals surface area contributed by atoms with Crippen LogP contribution in [0, 0.1) is 13.8 Å². The van der Waals surface area contributed by atoms with Gasteiger partial charge in [0.2, 0.25) is 0 Å². The highest BCUT2D eigenvalue weighted by molar-refractivity contribution is 6.00. The van der Waals surface area contributed by atoms with Crippen molar-refractivity contribution >= 4 is 16.8 Å². The number of benzene rings is 1. The largest absolute Gasteiger partial charge is 0.496 e. The van der Waals surface area contributed by atoms with Crippen LogP contribution < -0.4 is 10.1 Å². The molecular weight excluding hydrogens is 304 g/mol. The number of aryl methyl sites for hydroxylation is 3. The Morgan fingerprint density at radius 3 is 2.67 bits per heavy atom. The molecule has 0 unspecified atom stereocenters. The van der Waals surface area contributed by atoms with E-state index in [9.17, 15) is 4.79 Å². The van der Waals surface area contributed by atoms with Gasteiger partial charge in [-0.2, -0.15) is 5.10 Å². The Kier molecular flexibility index (Phi) is 4.05. The number of methoxy groups -OCH3 is 1. The van der Waals surface area contributed by atoms with Crippen molar-refractivity contribution in [3.05, 3.63) is 46.9 Å². The first-order valence-corrected chi connectivity index (χ1v) is 7.83. The number of amides is 1. The lowest BCUT2D eigenvalue weighted by Gasteiger charge is -2.07. The molecule has 1 aromatic carbocycles. The predicted octanol–water partition coefficient (Wildman–Crippen LogP) is 2.47. The van der Waals surface area contributed by atoms with Crippen molar-refractivity contribution in [1.29, 1.82) is 0 Å². The zero-order valence-electron chi connectivity index (χ0n) is 14.7. The van der Waals surface area contributed by atoms with E-state index in [-0.39, 0.29) is 5.91 Å². The van der Waals surface area contributed by atoms with Gasteiger partial charge in [-0.15, -0.1) is 0 Å². The van der Waals surface area contributed by atoms with Crippen LogP contribution in [0.5, 0.6) is 5.75 Å². The number of hydrogen-bond donors (Lipinski definition) is 1. The zero-order valence-corrected chi connectivity index (χ0v) is 14.7. The van der Waals surface area contributed by atoms with Gasteiger partial charge in [0.1, 0.15) is 11.4 Å². The fourth-order valence-corrected chi connectivity index (χ4v) is 3.06. The van der Waals surface area contributed by atoms with Crippen LogP contribution in [0.4, 0.5) is 0 Å². The van der Waals surface area contributed by atoms with E-state index in [1.807, 2.05) is 61.5 Å². The lowest BCUT2D eigenvalue weighted by molar-refractivity contribution is 0.0943. The van der Waals surface area contributed by atoms with Crippen molar-refractivity contribution in [3.8, 4) is 5.75 Å². The predicted molar refractivity (Wildman–Crippen MR) is 93.3 cm³/mol. The maximum Gasteiger partial charge on any atom is 0.268 e. The molecule has 0 aliphatic carbocycles. The van der Waals surface area contributed by atoms with E-state index in [4.69, 9.17) is 4.74 Å². The van der Waals surface area contributed by atoms with Crippen LogP contribution in [-0.2, 0) is 20.6 Å². The van der Waals surface area contributed by atoms with Crippen LogP contribution in [0.15, 0.2) is 24.3 Å². The molecule has 3 aromatic rings. The number of aromatic nitrogens is 3. The van der Waals surface area contributed by atoms with E-state index in [0.29, 0.717) is 12.2 Å². The number of fused-ring (bicyclic) bond motifs is 1. The van der Waals surface area contributed by atoms with Gasteiger partial charge >= 0.3 is 0 Å². The highest BCUT2D eigenvalue weighted by Crippen LogP contribution is 2.28. The normalized spacial score (nSPS) is 11.0. The number of ether oxygens (including phenoxy) is 1. The molecule has 0 aliphatic heterocycles. The lowest BCUT2D eigenvalue weighted by atomic mass is 10.2. The van der Waals surface area contributed by atoms with Gasteiger partial charge in [0.25, 0.3) is 5.91 Å². The van der Waals surface area contributed by atoms with Crippen molar-refractivity contribution in [1.82, 2.24) is 19.7 Å². The first-order chi connectivity index (χ1) is 11.4. The van der Waals surface area contributed by atoms with Gasteiger partial charge in [0.15, 0.2) is 0 Å². The number of carbonyl (C=O) groups is 1. The smallest absolute Gasteiger partial charge is 0.268 e. The second-order valence-corrected chi connectivity index (χ2v) is 5.94. The average Bonchev–Trinajstić information content (AvgIpc) is 3.03. The standard InChI is InChI=1S/C18H22N4O2/c1-11-14(12(2)22(4)20-11)10-19-18(23)16-9-13-15(21(16)3)7-6-8-17(13)24-5/h6-9H,10H2,1-5H3,(H,19,23). The average molecular weight is 326 g/mol. The molecule has 0 spiro atoms. The summed E-state index contributed by atoms with van der Waals surface area (Å²) in [6, 6.07) is 7.66. The van der Waals surface area contributed by atoms with Gasteiger partial charge < -0.3 is 14.6 Å². The molecule has 0 radical (unpaired) electrons. The molecular formula is C18H22N4O2. The summed E-state index contributed by atoms with van der Waals surface area (Å²) in [5.74, 6) is 0.652. The second kappa shape index (κ2) is 6.03. The molecule has 6 nitrogen and oxygen atoms in total. The summed E-state index contributed by atoms with van der Waals surface area (Å²) < 4.78 is 9.10. The summed E-state index contributed by atoms with van der Waals surface area (Å²) in [4.78, 5) is 12.6. The summed E-state index contributed by atoms with van der Waals surface area (Å²) in [6.45, 7) is 4.42. The number of nitrogens with zero attached hydrogens (tertiary/aromatic N) is 3. The maximum absolute atomic E-state index is 12.6. The van der Waals surface area contributed by atoms with Crippen LogP contribution in [-0.4, -0.2) is 27.4 Å². The minimum absolute atomic E-state index is 0.113. The fourth-order valence-electron chi connectivity index (χ4n) is 3.06. The van der Waals surface area contributed by atoms with Crippen LogP contribution in [0.2, 0.25) is 0 Å². The van der Waals surface area contributed by atoms with E-state index in [1.54, 1.807) is 7.11 Å². The van der Waals surface area contributed by atoms with Crippen LogP contribution in [0.3, 0.4) is 0 Å². The van der Waals surface area contributed by atoms with Gasteiger partial charge in [-0.25, -0.2) is 0 Å². The molecule has 2 heterocycles. The molecule has 0 atom stereocenters. The van der Waals surface area contributed by atoms with Crippen LogP contribution in [0.1, 0.15) is 27.4 Å². The summed E-state index contributed by atoms with van der Waals surface area (Å²) in [7, 11) is 5.43. The highest BCUT2D eigenvalue weighted by atomic mass is 16.5. The molecule has 1 amide bonds. The Morgan fingerprint density at radius 1 is 1.29 bits per heavy atom. The summed E-state index contributed by atoms with van der Waals surface area (Å²) in [5.41, 5.74) is 4.63. The van der Waals surface area contributed by atoms with Gasteiger partial charge in [-0.05, 0) is 32.0 Å². The number of carbonyl (C=O) groups excluding carboxylic acids is 1. The minimum atomic E-state index is -0.113. The third-order valence-corrected chi connectivity index (χ3v) is 4.58. The Balaban J connectivity index is 1.88.